The third-order valence-electron chi connectivity index (χ3n) is 2.56. The average Bonchev–Trinajstić information content (AvgIpc) is 2.36. The second kappa shape index (κ2) is 6.61. The van der Waals surface area contributed by atoms with E-state index in [4.69, 9.17) is 5.11 Å². The molecule has 0 fully saturated rings. The van der Waals surface area contributed by atoms with Crippen LogP contribution in [0.1, 0.15) is 10.4 Å². The van der Waals surface area contributed by atoms with Crippen molar-refractivity contribution in [2.24, 2.45) is 0 Å². The van der Waals surface area contributed by atoms with Crippen LogP contribution in [0.5, 0.6) is 0 Å². The van der Waals surface area contributed by atoms with Crippen molar-refractivity contribution in [3.63, 3.8) is 0 Å². The van der Waals surface area contributed by atoms with Crippen LogP contribution in [-0.2, 0) is 10.0 Å². The monoisotopic (exact) mass is 317 g/mol. The summed E-state index contributed by atoms with van der Waals surface area (Å²) in [5.41, 5.74) is -1.61. The highest BCUT2D eigenvalue weighted by Crippen LogP contribution is 2.25. The first-order valence-electron chi connectivity index (χ1n) is 5.82. The Morgan fingerprint density at radius 3 is 2.52 bits per heavy atom. The number of likely N-dealkylation sites (N-methyl/N-ethyl adjacent to an activating group) is 1. The first-order chi connectivity index (χ1) is 9.66. The van der Waals surface area contributed by atoms with Crippen LogP contribution in [0.4, 0.5) is 5.69 Å². The van der Waals surface area contributed by atoms with Gasteiger partial charge in [-0.2, -0.15) is 0 Å². The molecule has 0 bridgehead atoms. The normalized spacial score (nSPS) is 11.6. The molecular weight excluding hydrogens is 302 g/mol. The van der Waals surface area contributed by atoms with Gasteiger partial charge < -0.3 is 10.0 Å². The van der Waals surface area contributed by atoms with E-state index in [9.17, 15) is 23.3 Å². The zero-order valence-electron chi connectivity index (χ0n) is 11.4. The van der Waals surface area contributed by atoms with Gasteiger partial charge in [-0.15, -0.1) is 0 Å². The van der Waals surface area contributed by atoms with E-state index in [1.807, 2.05) is 0 Å². The Hall–Kier alpha value is -2.04. The molecule has 1 aromatic rings. The minimum absolute atomic E-state index is 0.0527. The maximum Gasteiger partial charge on any atom is 0.344 e. The average molecular weight is 317 g/mol. The molecule has 0 aromatic heterocycles. The minimum atomic E-state index is -4.15. The fraction of sp³-hybridized carbons (Fsp3) is 0.364. The zero-order chi connectivity index (χ0) is 16.2. The molecule has 0 amide bonds. The summed E-state index contributed by atoms with van der Waals surface area (Å²) >= 11 is 0. The Morgan fingerprint density at radius 1 is 1.43 bits per heavy atom. The van der Waals surface area contributed by atoms with Gasteiger partial charge in [-0.25, -0.2) is 17.9 Å². The number of hydrogen-bond acceptors (Lipinski definition) is 6. The second-order valence-electron chi connectivity index (χ2n) is 4.41. The lowest BCUT2D eigenvalue weighted by atomic mass is 10.2. The summed E-state index contributed by atoms with van der Waals surface area (Å²) in [6, 6.07) is 3.10. The van der Waals surface area contributed by atoms with Crippen LogP contribution in [0, 0.1) is 10.1 Å². The van der Waals surface area contributed by atoms with E-state index < -0.39 is 37.1 Å². The van der Waals surface area contributed by atoms with Crippen LogP contribution >= 0.6 is 0 Å². The van der Waals surface area contributed by atoms with E-state index in [2.05, 4.69) is 4.72 Å². The van der Waals surface area contributed by atoms with Gasteiger partial charge in [0.05, 0.1) is 4.92 Å². The summed E-state index contributed by atoms with van der Waals surface area (Å²) in [6.45, 7) is 0.452. The number of rotatable bonds is 7. The summed E-state index contributed by atoms with van der Waals surface area (Å²) in [5, 5.41) is 19.9. The van der Waals surface area contributed by atoms with Gasteiger partial charge >= 0.3 is 5.97 Å². The molecule has 116 valence electrons. The van der Waals surface area contributed by atoms with Crippen LogP contribution in [0.15, 0.2) is 23.1 Å². The quantitative estimate of drug-likeness (QED) is 0.540. The number of carbonyl (C=O) groups is 1. The van der Waals surface area contributed by atoms with Crippen LogP contribution in [0.2, 0.25) is 0 Å². The Morgan fingerprint density at radius 2 is 2.05 bits per heavy atom. The van der Waals surface area contributed by atoms with Gasteiger partial charge in [0, 0.05) is 19.2 Å². The lowest BCUT2D eigenvalue weighted by Crippen LogP contribution is -2.32. The van der Waals surface area contributed by atoms with Crippen molar-refractivity contribution in [3.8, 4) is 0 Å². The van der Waals surface area contributed by atoms with Gasteiger partial charge in [0.25, 0.3) is 5.69 Å². The van der Waals surface area contributed by atoms with Crippen molar-refractivity contribution in [3.05, 3.63) is 33.9 Å². The first kappa shape index (κ1) is 17.0. The maximum absolute atomic E-state index is 12.1. The molecule has 0 aliphatic rings. The number of carboxylic acid groups (broad SMARTS) is 1. The van der Waals surface area contributed by atoms with E-state index in [1.54, 1.807) is 19.0 Å². The maximum atomic E-state index is 12.1. The molecule has 0 saturated heterocycles. The molecule has 1 rings (SSSR count). The lowest BCUT2D eigenvalue weighted by molar-refractivity contribution is -0.385. The second-order valence-corrected chi connectivity index (χ2v) is 6.15. The Balaban J connectivity index is 3.26. The largest absolute Gasteiger partial charge is 0.477 e. The number of benzene rings is 1. The van der Waals surface area contributed by atoms with E-state index >= 15 is 0 Å². The molecule has 1 aromatic carbocycles. The van der Waals surface area contributed by atoms with Gasteiger partial charge in [-0.05, 0) is 20.2 Å². The number of aromatic carboxylic acids is 1. The van der Waals surface area contributed by atoms with Crippen molar-refractivity contribution in [2.45, 2.75) is 4.90 Å². The van der Waals surface area contributed by atoms with Gasteiger partial charge in [-0.3, -0.25) is 10.1 Å². The number of nitro benzene ring substituents is 1. The Kier molecular flexibility index (Phi) is 5.35. The molecule has 2 N–H and O–H groups in total. The number of sulfonamides is 1. The van der Waals surface area contributed by atoms with Crippen molar-refractivity contribution in [1.29, 1.82) is 0 Å². The number of hydrogen-bond donors (Lipinski definition) is 2. The predicted molar refractivity (Wildman–Crippen MR) is 73.8 cm³/mol. The topological polar surface area (TPSA) is 130 Å². The molecule has 10 heteroatoms. The van der Waals surface area contributed by atoms with E-state index in [1.165, 1.54) is 0 Å². The third-order valence-corrected chi connectivity index (χ3v) is 4.06. The van der Waals surface area contributed by atoms with Gasteiger partial charge in [0.15, 0.2) is 5.56 Å². The number of nitro groups is 1. The molecule has 0 aliphatic heterocycles. The lowest BCUT2D eigenvalue weighted by Gasteiger charge is -2.12. The summed E-state index contributed by atoms with van der Waals surface area (Å²) in [7, 11) is -0.669. The van der Waals surface area contributed by atoms with Crippen LogP contribution in [-0.4, -0.2) is 56.5 Å². The van der Waals surface area contributed by atoms with Crippen LogP contribution in [0.3, 0.4) is 0 Å². The molecule has 0 unspecified atom stereocenters. The molecule has 0 aliphatic carbocycles. The summed E-state index contributed by atoms with van der Waals surface area (Å²) in [5.74, 6) is -1.67. The molecule has 9 nitrogen and oxygen atoms in total. The Bertz CT molecular complexity index is 656. The zero-order valence-corrected chi connectivity index (χ0v) is 12.3. The minimum Gasteiger partial charge on any atom is -0.477 e. The number of carboxylic acids is 1. The van der Waals surface area contributed by atoms with Gasteiger partial charge in [0.2, 0.25) is 10.0 Å². The van der Waals surface area contributed by atoms with E-state index in [0.29, 0.717) is 6.54 Å². The SMILES string of the molecule is CN(C)CCNS(=O)(=O)c1cccc([N+](=O)[O-])c1C(=O)O. The Labute approximate surface area is 121 Å². The predicted octanol–water partition coefficient (Wildman–Crippen LogP) is 0.133. The summed E-state index contributed by atoms with van der Waals surface area (Å²) < 4.78 is 26.4. The van der Waals surface area contributed by atoms with Crippen molar-refractivity contribution < 1.29 is 23.2 Å². The molecule has 0 spiro atoms. The number of nitrogens with one attached hydrogen (secondary N) is 1. The van der Waals surface area contributed by atoms with Crippen molar-refractivity contribution in [1.82, 2.24) is 9.62 Å². The smallest absolute Gasteiger partial charge is 0.344 e. The fourth-order valence-corrected chi connectivity index (χ4v) is 2.83. The molecular formula is C11H15N3O6S. The highest BCUT2D eigenvalue weighted by Gasteiger charge is 2.30. The highest BCUT2D eigenvalue weighted by molar-refractivity contribution is 7.89. The van der Waals surface area contributed by atoms with Crippen LogP contribution in [0.25, 0.3) is 0 Å². The fourth-order valence-electron chi connectivity index (χ4n) is 1.59. The molecule has 0 saturated carbocycles. The first-order valence-corrected chi connectivity index (χ1v) is 7.30. The summed E-state index contributed by atoms with van der Waals surface area (Å²) in [4.78, 5) is 22.2. The third kappa shape index (κ3) is 4.21. The number of nitrogens with zero attached hydrogens (tertiary/aromatic N) is 2. The van der Waals surface area contributed by atoms with E-state index in [0.717, 1.165) is 18.2 Å². The van der Waals surface area contributed by atoms with Crippen LogP contribution < -0.4 is 4.72 Å². The molecule has 0 atom stereocenters. The molecule has 0 radical (unpaired) electrons. The molecule has 21 heavy (non-hydrogen) atoms. The highest BCUT2D eigenvalue weighted by atomic mass is 32.2. The van der Waals surface area contributed by atoms with Crippen molar-refractivity contribution in [2.75, 3.05) is 27.2 Å². The standard InChI is InChI=1S/C11H15N3O6S/c1-13(2)7-6-12-21(19,20)9-5-3-4-8(14(17)18)10(9)11(15)16/h3-5,12H,6-7H2,1-2H3,(H,15,16). The van der Waals surface area contributed by atoms with Crippen molar-refractivity contribution >= 4 is 21.7 Å². The van der Waals surface area contributed by atoms with E-state index in [-0.39, 0.29) is 6.54 Å². The summed E-state index contributed by atoms with van der Waals surface area (Å²) in [6.07, 6.45) is 0. The van der Waals surface area contributed by atoms with Gasteiger partial charge in [-0.1, -0.05) is 6.07 Å². The van der Waals surface area contributed by atoms with Gasteiger partial charge in [0.1, 0.15) is 4.90 Å². The molecule has 0 heterocycles.